The lowest BCUT2D eigenvalue weighted by Crippen LogP contribution is -2.31. The fourth-order valence-electron chi connectivity index (χ4n) is 1.97. The van der Waals surface area contributed by atoms with Crippen LogP contribution in [0.25, 0.3) is 0 Å². The number of hydrogen-bond acceptors (Lipinski definition) is 5. The molecular weight excluding hydrogens is 282 g/mol. The van der Waals surface area contributed by atoms with Gasteiger partial charge < -0.3 is 10.4 Å². The molecule has 0 saturated heterocycles. The van der Waals surface area contributed by atoms with Gasteiger partial charge in [0.2, 0.25) is 0 Å². The van der Waals surface area contributed by atoms with Gasteiger partial charge in [-0.25, -0.2) is 0 Å². The molecule has 0 bridgehead atoms. The molecular formula is C15H23N5O2. The average molecular weight is 305 g/mol. The van der Waals surface area contributed by atoms with Crippen molar-refractivity contribution in [2.75, 3.05) is 0 Å². The summed E-state index contributed by atoms with van der Waals surface area (Å²) in [5, 5.41) is 14.8. The molecule has 0 spiro atoms. The van der Waals surface area contributed by atoms with Crippen LogP contribution in [0, 0.1) is 20.8 Å². The lowest BCUT2D eigenvalue weighted by molar-refractivity contribution is -0.122. The van der Waals surface area contributed by atoms with E-state index >= 15 is 0 Å². The maximum absolute atomic E-state index is 8.36. The second-order valence-corrected chi connectivity index (χ2v) is 5.15. The van der Waals surface area contributed by atoms with E-state index in [0.29, 0.717) is 6.04 Å². The molecule has 2 aromatic heterocycles. The summed E-state index contributed by atoms with van der Waals surface area (Å²) in [7, 11) is 0. The highest BCUT2D eigenvalue weighted by atomic mass is 16.3. The maximum atomic E-state index is 8.36. The molecule has 2 aromatic rings. The Morgan fingerprint density at radius 2 is 1.95 bits per heavy atom. The molecule has 0 aliphatic heterocycles. The topological polar surface area (TPSA) is 92.9 Å². The largest absolute Gasteiger partial charge is 0.483 e. The van der Waals surface area contributed by atoms with Crippen LogP contribution < -0.4 is 5.32 Å². The van der Waals surface area contributed by atoms with Crippen LogP contribution in [0.3, 0.4) is 0 Å². The molecule has 7 nitrogen and oxygen atoms in total. The van der Waals surface area contributed by atoms with E-state index in [4.69, 9.17) is 9.90 Å². The Morgan fingerprint density at radius 1 is 1.27 bits per heavy atom. The summed E-state index contributed by atoms with van der Waals surface area (Å²) >= 11 is 0. The van der Waals surface area contributed by atoms with Gasteiger partial charge in [0.1, 0.15) is 0 Å². The summed E-state index contributed by atoms with van der Waals surface area (Å²) in [6, 6.07) is 2.43. The molecule has 1 unspecified atom stereocenters. The molecule has 0 aromatic carbocycles. The zero-order valence-corrected chi connectivity index (χ0v) is 13.4. The van der Waals surface area contributed by atoms with Crippen LogP contribution in [-0.4, -0.2) is 37.4 Å². The van der Waals surface area contributed by atoms with Crippen LogP contribution in [0.4, 0.5) is 0 Å². The van der Waals surface area contributed by atoms with E-state index in [1.807, 2.05) is 24.7 Å². The van der Waals surface area contributed by atoms with Crippen LogP contribution in [0.15, 0.2) is 18.5 Å². The number of nitrogens with zero attached hydrogens (tertiary/aromatic N) is 4. The molecule has 0 aliphatic carbocycles. The van der Waals surface area contributed by atoms with Gasteiger partial charge in [-0.1, -0.05) is 0 Å². The first-order valence-electron chi connectivity index (χ1n) is 7.06. The lowest BCUT2D eigenvalue weighted by atomic mass is 10.3. The smallest absolute Gasteiger partial charge is 0.290 e. The Labute approximate surface area is 130 Å². The average Bonchev–Trinajstić information content (AvgIpc) is 2.77. The number of rotatable bonds is 5. The molecule has 120 valence electrons. The van der Waals surface area contributed by atoms with Gasteiger partial charge in [0.05, 0.1) is 23.6 Å². The minimum absolute atomic E-state index is 0.250. The Bertz CT molecular complexity index is 580. The van der Waals surface area contributed by atoms with Crippen LogP contribution in [-0.2, 0) is 17.9 Å². The van der Waals surface area contributed by atoms with Gasteiger partial charge in [0.15, 0.2) is 0 Å². The summed E-state index contributed by atoms with van der Waals surface area (Å²) in [6.07, 6.45) is 3.61. The molecule has 1 atom stereocenters. The third-order valence-corrected chi connectivity index (χ3v) is 3.02. The van der Waals surface area contributed by atoms with Crippen LogP contribution in [0.5, 0.6) is 0 Å². The molecule has 0 amide bonds. The van der Waals surface area contributed by atoms with Gasteiger partial charge >= 0.3 is 0 Å². The predicted molar refractivity (Wildman–Crippen MR) is 83.5 cm³/mol. The van der Waals surface area contributed by atoms with Crippen LogP contribution >= 0.6 is 0 Å². The number of nitrogens with one attached hydrogen (secondary N) is 1. The van der Waals surface area contributed by atoms with Crippen molar-refractivity contribution in [3.05, 3.63) is 41.2 Å². The van der Waals surface area contributed by atoms with Gasteiger partial charge in [-0.3, -0.25) is 19.4 Å². The van der Waals surface area contributed by atoms with Gasteiger partial charge in [0.25, 0.3) is 6.47 Å². The molecule has 0 saturated carbocycles. The molecule has 22 heavy (non-hydrogen) atoms. The first kappa shape index (κ1) is 17.8. The normalized spacial score (nSPS) is 11.5. The maximum Gasteiger partial charge on any atom is 0.290 e. The van der Waals surface area contributed by atoms with E-state index < -0.39 is 0 Å². The van der Waals surface area contributed by atoms with E-state index in [-0.39, 0.29) is 6.47 Å². The van der Waals surface area contributed by atoms with Crippen molar-refractivity contribution in [1.29, 1.82) is 0 Å². The molecule has 0 radical (unpaired) electrons. The van der Waals surface area contributed by atoms with Crippen molar-refractivity contribution < 1.29 is 9.90 Å². The first-order valence-corrected chi connectivity index (χ1v) is 7.06. The van der Waals surface area contributed by atoms with Gasteiger partial charge in [0, 0.05) is 30.7 Å². The van der Waals surface area contributed by atoms with E-state index in [9.17, 15) is 0 Å². The molecule has 2 N–H and O–H groups in total. The second kappa shape index (κ2) is 8.89. The molecule has 7 heteroatoms. The third kappa shape index (κ3) is 6.01. The van der Waals surface area contributed by atoms with Crippen molar-refractivity contribution in [3.63, 3.8) is 0 Å². The van der Waals surface area contributed by atoms with E-state index in [1.54, 1.807) is 6.20 Å². The van der Waals surface area contributed by atoms with E-state index in [1.165, 1.54) is 5.69 Å². The Hall–Kier alpha value is -2.28. The van der Waals surface area contributed by atoms with Crippen LogP contribution in [0.1, 0.15) is 29.7 Å². The lowest BCUT2D eigenvalue weighted by Gasteiger charge is -2.14. The van der Waals surface area contributed by atoms with Gasteiger partial charge in [-0.15, -0.1) is 0 Å². The van der Waals surface area contributed by atoms with Crippen molar-refractivity contribution in [3.8, 4) is 0 Å². The number of aryl methyl sites for hydroxylation is 3. The van der Waals surface area contributed by atoms with Gasteiger partial charge in [-0.05, 0) is 33.8 Å². The number of carboxylic acid groups (broad SMARTS) is 1. The Morgan fingerprint density at radius 3 is 2.45 bits per heavy atom. The molecule has 0 fully saturated rings. The summed E-state index contributed by atoms with van der Waals surface area (Å²) in [6.45, 7) is 9.53. The monoisotopic (exact) mass is 305 g/mol. The van der Waals surface area contributed by atoms with Crippen molar-refractivity contribution in [1.82, 2.24) is 25.1 Å². The van der Waals surface area contributed by atoms with E-state index in [0.717, 1.165) is 30.2 Å². The number of aromatic nitrogens is 4. The Balaban J connectivity index is 0.000000745. The fourth-order valence-corrected chi connectivity index (χ4v) is 1.97. The third-order valence-electron chi connectivity index (χ3n) is 3.02. The zero-order chi connectivity index (χ0) is 16.5. The summed E-state index contributed by atoms with van der Waals surface area (Å²) in [5.74, 6) is 0. The standard InChI is InChI=1S/C14H21N5.CH2O2/c1-10-5-13(4)19(18-10)9-12(3)16-8-14-7-15-11(2)6-17-14;2-1-3/h5-7,12,16H,8-9H2,1-4H3;1H,(H,2,3). The van der Waals surface area contributed by atoms with Gasteiger partial charge in [-0.2, -0.15) is 5.10 Å². The predicted octanol–water partition coefficient (Wildman–Crippen LogP) is 1.48. The van der Waals surface area contributed by atoms with E-state index in [2.05, 4.69) is 40.3 Å². The number of carbonyl (C=O) groups is 1. The van der Waals surface area contributed by atoms with Crippen molar-refractivity contribution in [2.24, 2.45) is 0 Å². The Kier molecular flexibility index (Phi) is 7.18. The van der Waals surface area contributed by atoms with Crippen molar-refractivity contribution >= 4 is 6.47 Å². The highest BCUT2D eigenvalue weighted by molar-refractivity contribution is 5.32. The molecule has 2 rings (SSSR count). The zero-order valence-electron chi connectivity index (χ0n) is 13.4. The SMILES string of the molecule is Cc1cnc(CNC(C)Cn2nc(C)cc2C)cn1.O=CO. The summed E-state index contributed by atoms with van der Waals surface area (Å²) < 4.78 is 2.04. The minimum Gasteiger partial charge on any atom is -0.483 e. The summed E-state index contributed by atoms with van der Waals surface area (Å²) in [5.41, 5.74) is 4.17. The fraction of sp³-hybridized carbons (Fsp3) is 0.467. The second-order valence-electron chi connectivity index (χ2n) is 5.15. The molecule has 0 aliphatic rings. The first-order chi connectivity index (χ1) is 10.5. The highest BCUT2D eigenvalue weighted by Crippen LogP contribution is 2.03. The number of hydrogen-bond donors (Lipinski definition) is 2. The summed E-state index contributed by atoms with van der Waals surface area (Å²) in [4.78, 5) is 16.9. The highest BCUT2D eigenvalue weighted by Gasteiger charge is 2.07. The van der Waals surface area contributed by atoms with Crippen molar-refractivity contribution in [2.45, 2.75) is 46.8 Å². The molecule has 2 heterocycles. The minimum atomic E-state index is -0.250. The quantitative estimate of drug-likeness (QED) is 0.813. The van der Waals surface area contributed by atoms with Crippen LogP contribution in [0.2, 0.25) is 0 Å².